The van der Waals surface area contributed by atoms with Crippen LogP contribution < -0.4 is 4.90 Å². The van der Waals surface area contributed by atoms with Gasteiger partial charge in [0.25, 0.3) is 0 Å². The van der Waals surface area contributed by atoms with Crippen LogP contribution in [-0.4, -0.2) is 43.6 Å². The van der Waals surface area contributed by atoms with Crippen molar-refractivity contribution in [2.45, 2.75) is 38.8 Å². The molecule has 2 heterocycles. The largest absolute Gasteiger partial charge is 0.465 e. The Labute approximate surface area is 172 Å². The lowest BCUT2D eigenvalue weighted by atomic mass is 10.0. The molecule has 1 unspecified atom stereocenters. The smallest absolute Gasteiger partial charge is 0.355 e. The van der Waals surface area contributed by atoms with Crippen LogP contribution in [0, 0.1) is 0 Å². The highest BCUT2D eigenvalue weighted by Crippen LogP contribution is 2.28. The van der Waals surface area contributed by atoms with E-state index in [-0.39, 0.29) is 11.3 Å². The summed E-state index contributed by atoms with van der Waals surface area (Å²) in [4.78, 5) is 29.0. The highest BCUT2D eigenvalue weighted by molar-refractivity contribution is 6.05. The second kappa shape index (κ2) is 9.56. The van der Waals surface area contributed by atoms with Crippen LogP contribution in [0.4, 0.5) is 5.69 Å². The number of likely N-dealkylation sites (tertiary alicyclic amines) is 1. The first kappa shape index (κ1) is 20.9. The van der Waals surface area contributed by atoms with Crippen molar-refractivity contribution in [3.63, 3.8) is 0 Å². The molecular weight excluding hydrogens is 368 g/mol. The van der Waals surface area contributed by atoms with Gasteiger partial charge in [-0.2, -0.15) is 0 Å². The predicted molar refractivity (Wildman–Crippen MR) is 112 cm³/mol. The topological polar surface area (TPSA) is 59.1 Å². The van der Waals surface area contributed by atoms with Crippen molar-refractivity contribution in [1.29, 1.82) is 0 Å². The van der Waals surface area contributed by atoms with Crippen molar-refractivity contribution in [3.05, 3.63) is 65.5 Å². The van der Waals surface area contributed by atoms with Crippen LogP contribution in [0.15, 0.2) is 60.0 Å². The van der Waals surface area contributed by atoms with Crippen molar-refractivity contribution in [1.82, 2.24) is 4.90 Å². The van der Waals surface area contributed by atoms with Gasteiger partial charge in [0.1, 0.15) is 5.70 Å². The number of methoxy groups -OCH3 is 2. The number of hydrogen-bond acceptors (Lipinski definition) is 6. The summed E-state index contributed by atoms with van der Waals surface area (Å²) in [6.07, 6.45) is 10.5. The molecule has 1 aromatic carbocycles. The minimum absolute atomic E-state index is 0.132. The van der Waals surface area contributed by atoms with Gasteiger partial charge in [-0.1, -0.05) is 24.6 Å². The molecule has 0 radical (unpaired) electrons. The molecule has 0 spiro atoms. The number of esters is 2. The van der Waals surface area contributed by atoms with E-state index in [4.69, 9.17) is 9.47 Å². The van der Waals surface area contributed by atoms with E-state index in [1.165, 1.54) is 33.5 Å². The van der Waals surface area contributed by atoms with E-state index in [9.17, 15) is 9.59 Å². The maximum Gasteiger partial charge on any atom is 0.355 e. The number of anilines is 1. The Bertz CT molecular complexity index is 856. The molecule has 0 bridgehead atoms. The fourth-order valence-electron chi connectivity index (χ4n) is 3.80. The molecule has 1 aromatic rings. The zero-order valence-corrected chi connectivity index (χ0v) is 17.3. The number of nitrogens with zero attached hydrogens (tertiary/aromatic N) is 2. The number of rotatable bonds is 5. The summed E-state index contributed by atoms with van der Waals surface area (Å²) in [5, 5.41) is 0. The Morgan fingerprint density at radius 2 is 1.90 bits per heavy atom. The zero-order valence-electron chi connectivity index (χ0n) is 17.3. The van der Waals surface area contributed by atoms with E-state index in [0.29, 0.717) is 6.04 Å². The van der Waals surface area contributed by atoms with Crippen LogP contribution in [0.1, 0.15) is 31.7 Å². The Hall–Kier alpha value is -2.86. The lowest BCUT2D eigenvalue weighted by Gasteiger charge is -2.33. The minimum atomic E-state index is -0.600. The monoisotopic (exact) mass is 396 g/mol. The van der Waals surface area contributed by atoms with Crippen LogP contribution in [0.3, 0.4) is 0 Å². The quantitative estimate of drug-likeness (QED) is 0.710. The highest BCUT2D eigenvalue weighted by atomic mass is 16.5. The van der Waals surface area contributed by atoms with E-state index in [1.807, 2.05) is 12.1 Å². The number of carbonyl (C=O) groups is 2. The standard InChI is InChI=1S/C23H28N2O4/c1-17-9-4-6-13-24(17)16-18-10-8-11-19(15-18)25-14-7-5-12-20(22(26)28-2)21(25)23(27)29-3/h5,7-8,10-12,14-15,17H,4,6,9,13,16H2,1-3H3. The Kier molecular flexibility index (Phi) is 6.88. The molecule has 1 fully saturated rings. The summed E-state index contributed by atoms with van der Waals surface area (Å²) in [7, 11) is 2.59. The number of benzene rings is 1. The number of carbonyl (C=O) groups excluding carboxylic acids is 2. The van der Waals surface area contributed by atoms with E-state index in [0.717, 1.165) is 24.3 Å². The second-order valence-corrected chi connectivity index (χ2v) is 7.30. The molecule has 2 aliphatic heterocycles. The summed E-state index contributed by atoms with van der Waals surface area (Å²) < 4.78 is 9.84. The van der Waals surface area contributed by atoms with E-state index in [1.54, 1.807) is 29.3 Å². The van der Waals surface area contributed by atoms with E-state index < -0.39 is 11.9 Å². The zero-order chi connectivity index (χ0) is 20.8. The first-order valence-electron chi connectivity index (χ1n) is 9.93. The van der Waals surface area contributed by atoms with Crippen LogP contribution in [0.5, 0.6) is 0 Å². The third-order valence-electron chi connectivity index (χ3n) is 5.40. The van der Waals surface area contributed by atoms with E-state index in [2.05, 4.69) is 24.0 Å². The van der Waals surface area contributed by atoms with Gasteiger partial charge in [-0.3, -0.25) is 4.90 Å². The van der Waals surface area contributed by atoms with Crippen molar-refractivity contribution in [2.75, 3.05) is 25.7 Å². The van der Waals surface area contributed by atoms with Gasteiger partial charge in [0, 0.05) is 24.5 Å². The summed E-state index contributed by atoms with van der Waals surface area (Å²) in [6.45, 7) is 4.22. The maximum atomic E-state index is 12.6. The summed E-state index contributed by atoms with van der Waals surface area (Å²) >= 11 is 0. The Balaban J connectivity index is 1.97. The third kappa shape index (κ3) is 4.77. The van der Waals surface area contributed by atoms with Gasteiger partial charge in [-0.15, -0.1) is 0 Å². The minimum Gasteiger partial charge on any atom is -0.465 e. The van der Waals surface area contributed by atoms with Crippen LogP contribution >= 0.6 is 0 Å². The average Bonchev–Trinajstić information content (AvgIpc) is 2.97. The molecule has 0 N–H and O–H groups in total. The van der Waals surface area contributed by atoms with Gasteiger partial charge < -0.3 is 14.4 Å². The maximum absolute atomic E-state index is 12.6. The van der Waals surface area contributed by atoms with Gasteiger partial charge >= 0.3 is 11.9 Å². The molecule has 0 aromatic heterocycles. The van der Waals surface area contributed by atoms with Crippen molar-refractivity contribution in [3.8, 4) is 0 Å². The summed E-state index contributed by atoms with van der Waals surface area (Å²) in [6, 6.07) is 8.59. The van der Waals surface area contributed by atoms with Gasteiger partial charge in [0.2, 0.25) is 0 Å². The third-order valence-corrected chi connectivity index (χ3v) is 5.40. The SMILES string of the molecule is COC(=O)C1=C(C(=O)OC)N(c2cccc(CN3CCCCC3C)c2)C=CC=C1. The number of hydrogen-bond donors (Lipinski definition) is 0. The van der Waals surface area contributed by atoms with Gasteiger partial charge in [0.05, 0.1) is 19.8 Å². The lowest BCUT2D eigenvalue weighted by Crippen LogP contribution is -2.36. The van der Waals surface area contributed by atoms with Crippen LogP contribution in [-0.2, 0) is 25.6 Å². The van der Waals surface area contributed by atoms with Crippen molar-refractivity contribution >= 4 is 17.6 Å². The molecule has 6 heteroatoms. The summed E-state index contributed by atoms with van der Waals surface area (Å²) in [5.41, 5.74) is 2.23. The summed E-state index contributed by atoms with van der Waals surface area (Å²) in [5.74, 6) is -1.19. The first-order chi connectivity index (χ1) is 14.0. The van der Waals surface area contributed by atoms with Crippen LogP contribution in [0.25, 0.3) is 0 Å². The fourth-order valence-corrected chi connectivity index (χ4v) is 3.80. The molecule has 6 nitrogen and oxygen atoms in total. The molecule has 1 atom stereocenters. The number of ether oxygens (including phenoxy) is 2. The predicted octanol–water partition coefficient (Wildman–Crippen LogP) is 3.55. The molecule has 1 saturated heterocycles. The van der Waals surface area contributed by atoms with E-state index >= 15 is 0 Å². The normalized spacial score (nSPS) is 19.8. The molecule has 0 aliphatic carbocycles. The number of piperidine rings is 1. The average molecular weight is 396 g/mol. The van der Waals surface area contributed by atoms with Crippen molar-refractivity contribution in [2.24, 2.45) is 0 Å². The molecule has 0 saturated carbocycles. The van der Waals surface area contributed by atoms with Gasteiger partial charge in [-0.05, 0) is 56.2 Å². The Morgan fingerprint density at radius 1 is 1.10 bits per heavy atom. The second-order valence-electron chi connectivity index (χ2n) is 7.30. The molecule has 0 amide bonds. The lowest BCUT2D eigenvalue weighted by molar-refractivity contribution is -0.139. The van der Waals surface area contributed by atoms with Crippen LogP contribution in [0.2, 0.25) is 0 Å². The Morgan fingerprint density at radius 3 is 2.62 bits per heavy atom. The highest BCUT2D eigenvalue weighted by Gasteiger charge is 2.27. The molecule has 154 valence electrons. The van der Waals surface area contributed by atoms with Gasteiger partial charge in [-0.25, -0.2) is 9.59 Å². The first-order valence-corrected chi connectivity index (χ1v) is 9.93. The number of allylic oxidation sites excluding steroid dienone is 2. The molecule has 29 heavy (non-hydrogen) atoms. The molecule has 3 rings (SSSR count). The fraction of sp³-hybridized carbons (Fsp3) is 0.391. The van der Waals surface area contributed by atoms with Gasteiger partial charge in [0.15, 0.2) is 0 Å². The molecule has 2 aliphatic rings. The van der Waals surface area contributed by atoms with Crippen molar-refractivity contribution < 1.29 is 19.1 Å². The molecular formula is C23H28N2O4.